The third-order valence-corrected chi connectivity index (χ3v) is 4.52. The fourth-order valence-corrected chi connectivity index (χ4v) is 3.04. The molecule has 0 unspecified atom stereocenters. The van der Waals surface area contributed by atoms with Crippen LogP contribution in [0.3, 0.4) is 0 Å². The van der Waals surface area contributed by atoms with Crippen molar-refractivity contribution in [2.45, 2.75) is 6.92 Å². The smallest absolute Gasteiger partial charge is 0.340 e. The molecule has 6 heteroatoms. The molecule has 134 valence electrons. The van der Waals surface area contributed by atoms with Gasteiger partial charge in [-0.2, -0.15) is 0 Å². The summed E-state index contributed by atoms with van der Waals surface area (Å²) in [5, 5.41) is 10.2. The number of halogens is 2. The molecule has 1 N–H and O–H groups in total. The van der Waals surface area contributed by atoms with Gasteiger partial charge in [-0.1, -0.05) is 35.3 Å². The van der Waals surface area contributed by atoms with Crippen molar-refractivity contribution in [1.29, 1.82) is 0 Å². The van der Waals surface area contributed by atoms with E-state index in [9.17, 15) is 4.79 Å². The molecule has 1 aromatic heterocycles. The molecule has 0 radical (unpaired) electrons. The maximum absolute atomic E-state index is 12.4. The van der Waals surface area contributed by atoms with Gasteiger partial charge in [-0.15, -0.1) is 0 Å². The molecular weight excluding hydrogens is 373 g/mol. The van der Waals surface area contributed by atoms with Crippen LogP contribution >= 0.6 is 23.2 Å². The van der Waals surface area contributed by atoms with Gasteiger partial charge in [0.05, 0.1) is 17.9 Å². The van der Waals surface area contributed by atoms with Crippen LogP contribution in [0.4, 0.5) is 0 Å². The molecular formula is C20H17Cl2NO3. The Kier molecular flexibility index (Phi) is 5.67. The van der Waals surface area contributed by atoms with Crippen molar-refractivity contribution in [3.8, 4) is 16.9 Å². The van der Waals surface area contributed by atoms with Crippen molar-refractivity contribution in [1.82, 2.24) is 4.57 Å². The van der Waals surface area contributed by atoms with E-state index in [-0.39, 0.29) is 13.2 Å². The van der Waals surface area contributed by atoms with E-state index in [4.69, 9.17) is 33.0 Å². The normalized spacial score (nSPS) is 10.8. The van der Waals surface area contributed by atoms with Gasteiger partial charge in [0.15, 0.2) is 0 Å². The molecule has 3 aromatic rings. The Morgan fingerprint density at radius 3 is 2.19 bits per heavy atom. The van der Waals surface area contributed by atoms with Gasteiger partial charge in [-0.3, -0.25) is 0 Å². The Bertz CT molecular complexity index is 915. The largest absolute Gasteiger partial charge is 0.460 e. The van der Waals surface area contributed by atoms with Crippen LogP contribution in [0.2, 0.25) is 10.0 Å². The van der Waals surface area contributed by atoms with Crippen LogP contribution in [0.15, 0.2) is 54.6 Å². The minimum Gasteiger partial charge on any atom is -0.460 e. The van der Waals surface area contributed by atoms with E-state index in [1.165, 1.54) is 0 Å². The molecule has 0 spiro atoms. The highest BCUT2D eigenvalue weighted by atomic mass is 35.5. The summed E-state index contributed by atoms with van der Waals surface area (Å²) in [6.07, 6.45) is 0. The van der Waals surface area contributed by atoms with Gasteiger partial charge in [0.2, 0.25) is 0 Å². The first-order valence-corrected chi connectivity index (χ1v) is 8.79. The molecule has 4 nitrogen and oxygen atoms in total. The Hall–Kier alpha value is -2.27. The molecule has 0 atom stereocenters. The summed E-state index contributed by atoms with van der Waals surface area (Å²) in [6, 6.07) is 16.5. The molecule has 1 heterocycles. The summed E-state index contributed by atoms with van der Waals surface area (Å²) in [6.45, 7) is 1.59. The average molecular weight is 390 g/mol. The van der Waals surface area contributed by atoms with Crippen LogP contribution in [0.1, 0.15) is 16.1 Å². The predicted octanol–water partition coefficient (Wildman–Crippen LogP) is 4.91. The number of hydrogen-bond donors (Lipinski definition) is 1. The van der Waals surface area contributed by atoms with Gasteiger partial charge in [-0.05, 0) is 55.0 Å². The zero-order valence-electron chi connectivity index (χ0n) is 14.1. The first-order valence-electron chi connectivity index (χ1n) is 8.03. The third-order valence-electron chi connectivity index (χ3n) is 4.02. The van der Waals surface area contributed by atoms with E-state index >= 15 is 0 Å². The summed E-state index contributed by atoms with van der Waals surface area (Å²) in [5.74, 6) is -0.473. The third kappa shape index (κ3) is 3.78. The van der Waals surface area contributed by atoms with Crippen molar-refractivity contribution < 1.29 is 14.6 Å². The monoisotopic (exact) mass is 389 g/mol. The summed E-state index contributed by atoms with van der Waals surface area (Å²) in [4.78, 5) is 12.4. The minimum absolute atomic E-state index is 0.0410. The lowest BCUT2D eigenvalue weighted by atomic mass is 10.1. The number of ether oxygens (including phenoxy) is 1. The Labute approximate surface area is 161 Å². The highest BCUT2D eigenvalue weighted by molar-refractivity contribution is 6.30. The van der Waals surface area contributed by atoms with Crippen molar-refractivity contribution >= 4 is 29.2 Å². The summed E-state index contributed by atoms with van der Waals surface area (Å²) < 4.78 is 7.06. The average Bonchev–Trinajstić information content (AvgIpc) is 2.98. The Balaban J connectivity index is 2.15. The SMILES string of the molecule is Cc1c(C(=O)OCCO)cc(-c2ccc(Cl)cc2)n1-c1ccc(Cl)cc1. The zero-order chi connectivity index (χ0) is 18.7. The number of carbonyl (C=O) groups excluding carboxylic acids is 1. The van der Waals surface area contributed by atoms with E-state index in [1.807, 2.05) is 35.8 Å². The molecule has 0 bridgehead atoms. The highest BCUT2D eigenvalue weighted by Crippen LogP contribution is 2.31. The molecule has 0 aliphatic heterocycles. The van der Waals surface area contributed by atoms with E-state index in [0.717, 1.165) is 22.6 Å². The number of hydrogen-bond acceptors (Lipinski definition) is 3. The molecule has 0 amide bonds. The first-order chi connectivity index (χ1) is 12.5. The topological polar surface area (TPSA) is 51.5 Å². The number of carbonyl (C=O) groups is 1. The van der Waals surface area contributed by atoms with Gasteiger partial charge < -0.3 is 14.4 Å². The summed E-state index contributed by atoms with van der Waals surface area (Å²) in [5.41, 5.74) is 3.79. The van der Waals surface area contributed by atoms with Gasteiger partial charge in [0.25, 0.3) is 0 Å². The van der Waals surface area contributed by atoms with E-state index in [1.54, 1.807) is 30.3 Å². The fourth-order valence-electron chi connectivity index (χ4n) is 2.79. The van der Waals surface area contributed by atoms with Gasteiger partial charge in [-0.25, -0.2) is 4.79 Å². The van der Waals surface area contributed by atoms with Crippen LogP contribution in [0.25, 0.3) is 16.9 Å². The number of esters is 1. The van der Waals surface area contributed by atoms with Crippen molar-refractivity contribution in [2.24, 2.45) is 0 Å². The number of aromatic nitrogens is 1. The molecule has 26 heavy (non-hydrogen) atoms. The lowest BCUT2D eigenvalue weighted by Crippen LogP contribution is -2.10. The van der Waals surface area contributed by atoms with E-state index in [2.05, 4.69) is 0 Å². The second-order valence-electron chi connectivity index (χ2n) is 5.71. The van der Waals surface area contributed by atoms with Crippen LogP contribution in [0, 0.1) is 6.92 Å². The molecule has 0 saturated heterocycles. The van der Waals surface area contributed by atoms with Gasteiger partial charge in [0.1, 0.15) is 6.61 Å². The number of nitrogens with zero attached hydrogens (tertiary/aromatic N) is 1. The Morgan fingerprint density at radius 2 is 1.62 bits per heavy atom. The second kappa shape index (κ2) is 7.96. The lowest BCUT2D eigenvalue weighted by Gasteiger charge is -2.12. The number of benzene rings is 2. The first kappa shape index (κ1) is 18.5. The molecule has 3 rings (SSSR count). The van der Waals surface area contributed by atoms with Crippen LogP contribution in [-0.4, -0.2) is 28.9 Å². The van der Waals surface area contributed by atoms with Crippen molar-refractivity contribution in [2.75, 3.05) is 13.2 Å². The highest BCUT2D eigenvalue weighted by Gasteiger charge is 2.20. The summed E-state index contributed by atoms with van der Waals surface area (Å²) in [7, 11) is 0. The number of rotatable bonds is 5. The standard InChI is InChI=1S/C20H17Cl2NO3/c1-13-18(20(25)26-11-10-24)12-19(14-2-4-15(21)5-3-14)23(13)17-8-6-16(22)7-9-17/h2-9,12,24H,10-11H2,1H3. The Morgan fingerprint density at radius 1 is 1.04 bits per heavy atom. The van der Waals surface area contributed by atoms with E-state index < -0.39 is 5.97 Å². The second-order valence-corrected chi connectivity index (χ2v) is 6.58. The quantitative estimate of drug-likeness (QED) is 0.630. The van der Waals surface area contributed by atoms with Gasteiger partial charge >= 0.3 is 5.97 Å². The van der Waals surface area contributed by atoms with E-state index in [0.29, 0.717) is 15.6 Å². The molecule has 0 fully saturated rings. The lowest BCUT2D eigenvalue weighted by molar-refractivity contribution is 0.0433. The molecule has 0 aliphatic rings. The summed E-state index contributed by atoms with van der Waals surface area (Å²) >= 11 is 12.0. The molecule has 0 saturated carbocycles. The van der Waals surface area contributed by atoms with Crippen molar-refractivity contribution in [3.05, 3.63) is 75.9 Å². The van der Waals surface area contributed by atoms with Crippen LogP contribution in [-0.2, 0) is 4.74 Å². The minimum atomic E-state index is -0.473. The molecule has 2 aromatic carbocycles. The fraction of sp³-hybridized carbons (Fsp3) is 0.150. The number of aliphatic hydroxyl groups is 1. The van der Waals surface area contributed by atoms with Crippen molar-refractivity contribution in [3.63, 3.8) is 0 Å². The maximum atomic E-state index is 12.4. The van der Waals surface area contributed by atoms with Crippen LogP contribution in [0.5, 0.6) is 0 Å². The number of aliphatic hydroxyl groups excluding tert-OH is 1. The zero-order valence-corrected chi connectivity index (χ0v) is 15.6. The predicted molar refractivity (Wildman–Crippen MR) is 103 cm³/mol. The molecule has 0 aliphatic carbocycles. The van der Waals surface area contributed by atoms with Gasteiger partial charge in [0, 0.05) is 21.4 Å². The van der Waals surface area contributed by atoms with Crippen LogP contribution < -0.4 is 0 Å². The maximum Gasteiger partial charge on any atom is 0.340 e.